The Kier molecular flexibility index (Phi) is 6.00. The number of rotatable bonds is 4. The van der Waals surface area contributed by atoms with Crippen LogP contribution in [-0.2, 0) is 0 Å². The molecule has 1 saturated heterocycles. The molecule has 0 bridgehead atoms. The van der Waals surface area contributed by atoms with Crippen LogP contribution in [0, 0.1) is 0 Å². The van der Waals surface area contributed by atoms with Gasteiger partial charge in [-0.25, -0.2) is 0 Å². The molecule has 3 heteroatoms. The average molecular weight is 217 g/mol. The van der Waals surface area contributed by atoms with Crippen molar-refractivity contribution in [1.29, 1.82) is 0 Å². The molecule has 1 fully saturated rings. The number of nitrogens with two attached hydrogens (primary N) is 1. The third-order valence-corrected chi connectivity index (χ3v) is 5.02. The SMILES string of the molecule is CC(CCCCN)=C1SCCCS1. The van der Waals surface area contributed by atoms with E-state index in [1.165, 1.54) is 37.2 Å². The van der Waals surface area contributed by atoms with Crippen LogP contribution in [0.2, 0.25) is 0 Å². The second kappa shape index (κ2) is 6.80. The molecule has 0 spiro atoms. The molecule has 1 aliphatic rings. The Hall–Kier alpha value is 0.400. The summed E-state index contributed by atoms with van der Waals surface area (Å²) in [5, 5.41) is 0. The molecule has 0 radical (unpaired) electrons. The Morgan fingerprint density at radius 1 is 1.31 bits per heavy atom. The van der Waals surface area contributed by atoms with E-state index < -0.39 is 0 Å². The molecule has 0 aliphatic carbocycles. The lowest BCUT2D eigenvalue weighted by Gasteiger charge is -2.15. The average Bonchev–Trinajstić information content (AvgIpc) is 2.19. The third-order valence-electron chi connectivity index (χ3n) is 2.11. The Morgan fingerprint density at radius 3 is 2.62 bits per heavy atom. The predicted molar refractivity (Wildman–Crippen MR) is 65.1 cm³/mol. The minimum atomic E-state index is 0.836. The summed E-state index contributed by atoms with van der Waals surface area (Å²) in [6, 6.07) is 0. The van der Waals surface area contributed by atoms with Crippen LogP contribution < -0.4 is 5.73 Å². The third kappa shape index (κ3) is 4.43. The van der Waals surface area contributed by atoms with Gasteiger partial charge in [-0.3, -0.25) is 0 Å². The van der Waals surface area contributed by atoms with Crippen LogP contribution in [0.25, 0.3) is 0 Å². The van der Waals surface area contributed by atoms with E-state index in [1.54, 1.807) is 9.81 Å². The highest BCUT2D eigenvalue weighted by Crippen LogP contribution is 2.38. The van der Waals surface area contributed by atoms with Gasteiger partial charge >= 0.3 is 0 Å². The fraction of sp³-hybridized carbons (Fsp3) is 0.800. The normalized spacial score (nSPS) is 17.5. The molecule has 0 unspecified atom stereocenters. The minimum Gasteiger partial charge on any atom is -0.330 e. The topological polar surface area (TPSA) is 26.0 Å². The van der Waals surface area contributed by atoms with Gasteiger partial charge in [-0.15, -0.1) is 23.5 Å². The Labute approximate surface area is 89.9 Å². The van der Waals surface area contributed by atoms with Gasteiger partial charge in [0.1, 0.15) is 0 Å². The van der Waals surface area contributed by atoms with Gasteiger partial charge in [-0.1, -0.05) is 5.57 Å². The van der Waals surface area contributed by atoms with Crippen molar-refractivity contribution in [3.05, 3.63) is 9.81 Å². The lowest BCUT2D eigenvalue weighted by Crippen LogP contribution is -1.99. The molecule has 0 atom stereocenters. The zero-order valence-corrected chi connectivity index (χ0v) is 9.98. The van der Waals surface area contributed by atoms with Crippen molar-refractivity contribution < 1.29 is 0 Å². The Morgan fingerprint density at radius 2 is 2.00 bits per heavy atom. The van der Waals surface area contributed by atoms with Crippen molar-refractivity contribution in [2.75, 3.05) is 18.1 Å². The molecule has 1 rings (SSSR count). The molecular formula is C10H19NS2. The summed E-state index contributed by atoms with van der Waals surface area (Å²) >= 11 is 4.08. The number of allylic oxidation sites excluding steroid dienone is 1. The monoisotopic (exact) mass is 217 g/mol. The van der Waals surface area contributed by atoms with Crippen molar-refractivity contribution >= 4 is 23.5 Å². The quantitative estimate of drug-likeness (QED) is 0.732. The number of thioether (sulfide) groups is 2. The molecule has 1 heterocycles. The Balaban J connectivity index is 2.29. The molecule has 13 heavy (non-hydrogen) atoms. The largest absolute Gasteiger partial charge is 0.330 e. The van der Waals surface area contributed by atoms with Crippen LogP contribution in [0.1, 0.15) is 32.6 Å². The predicted octanol–water partition coefficient (Wildman–Crippen LogP) is 3.22. The number of hydrogen-bond acceptors (Lipinski definition) is 3. The van der Waals surface area contributed by atoms with E-state index in [4.69, 9.17) is 5.73 Å². The second-order valence-corrected chi connectivity index (χ2v) is 5.83. The zero-order chi connectivity index (χ0) is 9.52. The van der Waals surface area contributed by atoms with Crippen molar-refractivity contribution in [2.45, 2.75) is 32.6 Å². The zero-order valence-electron chi connectivity index (χ0n) is 8.34. The maximum atomic E-state index is 5.47. The van der Waals surface area contributed by atoms with Crippen molar-refractivity contribution in [1.82, 2.24) is 0 Å². The molecule has 0 aromatic rings. The van der Waals surface area contributed by atoms with Gasteiger partial charge in [-0.2, -0.15) is 0 Å². The van der Waals surface area contributed by atoms with Crippen LogP contribution >= 0.6 is 23.5 Å². The standard InChI is InChI=1S/C10H19NS2/c1-9(5-2-3-6-11)10-12-7-4-8-13-10/h2-8,11H2,1H3. The highest BCUT2D eigenvalue weighted by molar-refractivity contribution is 8.22. The molecular weight excluding hydrogens is 198 g/mol. The molecule has 0 amide bonds. The van der Waals surface area contributed by atoms with Gasteiger partial charge in [0.2, 0.25) is 0 Å². The number of hydrogen-bond donors (Lipinski definition) is 1. The van der Waals surface area contributed by atoms with E-state index in [-0.39, 0.29) is 0 Å². The first kappa shape index (κ1) is 11.5. The lowest BCUT2D eigenvalue weighted by molar-refractivity contribution is 0.740. The van der Waals surface area contributed by atoms with Crippen molar-refractivity contribution in [2.24, 2.45) is 5.73 Å². The van der Waals surface area contributed by atoms with E-state index in [1.807, 2.05) is 23.5 Å². The minimum absolute atomic E-state index is 0.836. The maximum absolute atomic E-state index is 5.47. The van der Waals surface area contributed by atoms with E-state index in [0.29, 0.717) is 0 Å². The van der Waals surface area contributed by atoms with Gasteiger partial charge in [-0.05, 0) is 50.7 Å². The first-order chi connectivity index (χ1) is 6.34. The van der Waals surface area contributed by atoms with Crippen LogP contribution in [0.5, 0.6) is 0 Å². The van der Waals surface area contributed by atoms with E-state index >= 15 is 0 Å². The summed E-state index contributed by atoms with van der Waals surface area (Å²) in [6.07, 6.45) is 5.04. The van der Waals surface area contributed by atoms with Gasteiger partial charge in [0.15, 0.2) is 0 Å². The molecule has 76 valence electrons. The van der Waals surface area contributed by atoms with Crippen molar-refractivity contribution in [3.8, 4) is 0 Å². The van der Waals surface area contributed by atoms with Crippen LogP contribution in [-0.4, -0.2) is 18.1 Å². The van der Waals surface area contributed by atoms with Crippen LogP contribution in [0.4, 0.5) is 0 Å². The Bertz CT molecular complexity index is 170. The highest BCUT2D eigenvalue weighted by Gasteiger charge is 2.09. The molecule has 1 nitrogen and oxygen atoms in total. The van der Waals surface area contributed by atoms with Crippen LogP contribution in [0.15, 0.2) is 9.81 Å². The number of unbranched alkanes of at least 4 members (excludes halogenated alkanes) is 1. The van der Waals surface area contributed by atoms with E-state index in [9.17, 15) is 0 Å². The summed E-state index contributed by atoms with van der Waals surface area (Å²) < 4.78 is 1.59. The van der Waals surface area contributed by atoms with E-state index in [0.717, 1.165) is 6.54 Å². The summed E-state index contributed by atoms with van der Waals surface area (Å²) in [5.74, 6) is 2.63. The second-order valence-electron chi connectivity index (χ2n) is 3.36. The summed E-state index contributed by atoms with van der Waals surface area (Å²) in [5.41, 5.74) is 7.05. The van der Waals surface area contributed by atoms with Crippen molar-refractivity contribution in [3.63, 3.8) is 0 Å². The molecule has 0 aromatic carbocycles. The fourth-order valence-electron chi connectivity index (χ4n) is 1.31. The van der Waals surface area contributed by atoms with Crippen LogP contribution in [0.3, 0.4) is 0 Å². The van der Waals surface area contributed by atoms with E-state index in [2.05, 4.69) is 6.92 Å². The molecule has 0 aromatic heterocycles. The first-order valence-electron chi connectivity index (χ1n) is 5.00. The summed E-state index contributed by atoms with van der Waals surface area (Å²) in [7, 11) is 0. The summed E-state index contributed by atoms with van der Waals surface area (Å²) in [6.45, 7) is 3.11. The summed E-state index contributed by atoms with van der Waals surface area (Å²) in [4.78, 5) is 0. The van der Waals surface area contributed by atoms with Gasteiger partial charge in [0.25, 0.3) is 0 Å². The maximum Gasteiger partial charge on any atom is 0.0390 e. The smallest absolute Gasteiger partial charge is 0.0390 e. The van der Waals surface area contributed by atoms with Gasteiger partial charge in [0.05, 0.1) is 0 Å². The fourth-order valence-corrected chi connectivity index (χ4v) is 3.97. The first-order valence-corrected chi connectivity index (χ1v) is 6.97. The van der Waals surface area contributed by atoms with Gasteiger partial charge < -0.3 is 5.73 Å². The molecule has 1 aliphatic heterocycles. The highest BCUT2D eigenvalue weighted by atomic mass is 32.2. The van der Waals surface area contributed by atoms with Gasteiger partial charge in [0, 0.05) is 4.24 Å². The molecule has 2 N–H and O–H groups in total. The lowest BCUT2D eigenvalue weighted by atomic mass is 10.1. The molecule has 0 saturated carbocycles.